The molecule has 1 aliphatic rings. The minimum absolute atomic E-state index is 0.184. The minimum Gasteiger partial charge on any atom is -0.481 e. The number of aliphatic carboxylic acids is 1. The van der Waals surface area contributed by atoms with E-state index in [1.54, 1.807) is 0 Å². The summed E-state index contributed by atoms with van der Waals surface area (Å²) in [5.41, 5.74) is 2.30. The Hall–Kier alpha value is -2.05. The molecule has 0 saturated carbocycles. The number of aromatic amines is 1. The van der Waals surface area contributed by atoms with E-state index in [0.717, 1.165) is 48.9 Å². The maximum Gasteiger partial charge on any atom is 0.300 e. The molecule has 0 unspecified atom stereocenters. The van der Waals surface area contributed by atoms with Crippen molar-refractivity contribution in [2.24, 2.45) is 0 Å². The summed E-state index contributed by atoms with van der Waals surface area (Å²) in [4.78, 5) is 25.9. The van der Waals surface area contributed by atoms with Crippen LogP contribution >= 0.6 is 11.6 Å². The number of halogens is 1. The van der Waals surface area contributed by atoms with Gasteiger partial charge in [-0.2, -0.15) is 0 Å². The lowest BCUT2D eigenvalue weighted by Crippen LogP contribution is -2.48. The zero-order valence-corrected chi connectivity index (χ0v) is 13.7. The van der Waals surface area contributed by atoms with Crippen molar-refractivity contribution in [3.8, 4) is 0 Å². The fourth-order valence-corrected chi connectivity index (χ4v) is 2.67. The van der Waals surface area contributed by atoms with Gasteiger partial charge in [0, 0.05) is 48.7 Å². The molecule has 23 heavy (non-hydrogen) atoms. The van der Waals surface area contributed by atoms with E-state index >= 15 is 0 Å². The van der Waals surface area contributed by atoms with Crippen molar-refractivity contribution in [3.05, 3.63) is 35.0 Å². The molecule has 1 aromatic carbocycles. The number of rotatable bonds is 3. The van der Waals surface area contributed by atoms with Crippen molar-refractivity contribution in [2.45, 2.75) is 13.3 Å². The van der Waals surface area contributed by atoms with Gasteiger partial charge in [-0.15, -0.1) is 0 Å². The van der Waals surface area contributed by atoms with E-state index in [9.17, 15) is 4.79 Å². The molecule has 0 radical (unpaired) electrons. The lowest BCUT2D eigenvalue weighted by Gasteiger charge is -2.27. The number of hydrogen-bond donors (Lipinski definition) is 3. The summed E-state index contributed by atoms with van der Waals surface area (Å²) >= 11 is 6.03. The molecule has 3 N–H and O–H groups in total. The Labute approximate surface area is 139 Å². The zero-order chi connectivity index (χ0) is 16.8. The lowest BCUT2D eigenvalue weighted by molar-refractivity contribution is -0.134. The molecular weight excluding hydrogens is 318 g/mol. The highest BCUT2D eigenvalue weighted by Crippen LogP contribution is 2.22. The van der Waals surface area contributed by atoms with Gasteiger partial charge in [0.15, 0.2) is 0 Å². The Balaban J connectivity index is 0.000000433. The topological polar surface area (TPSA) is 85.4 Å². The van der Waals surface area contributed by atoms with E-state index in [2.05, 4.69) is 10.3 Å². The summed E-state index contributed by atoms with van der Waals surface area (Å²) in [5, 5.41) is 12.4. The number of nitrogens with one attached hydrogen (secondary N) is 2. The van der Waals surface area contributed by atoms with E-state index in [4.69, 9.17) is 21.5 Å². The summed E-state index contributed by atoms with van der Waals surface area (Å²) in [6, 6.07) is 5.84. The van der Waals surface area contributed by atoms with Crippen molar-refractivity contribution in [3.63, 3.8) is 0 Å². The summed E-state index contributed by atoms with van der Waals surface area (Å²) < 4.78 is 0. The monoisotopic (exact) mass is 337 g/mol. The van der Waals surface area contributed by atoms with Crippen LogP contribution in [0.4, 0.5) is 0 Å². The summed E-state index contributed by atoms with van der Waals surface area (Å²) in [6.07, 6.45) is 2.86. The first-order valence-corrected chi connectivity index (χ1v) is 7.78. The number of piperazine rings is 1. The van der Waals surface area contributed by atoms with Gasteiger partial charge in [-0.25, -0.2) is 0 Å². The molecule has 0 atom stereocenters. The third kappa shape index (κ3) is 4.97. The van der Waals surface area contributed by atoms with E-state index in [0.29, 0.717) is 6.54 Å². The standard InChI is InChI=1S/C14H16ClN3O.C2H4O2/c15-11-1-2-13-12(7-11)10(8-17-13)3-5-18-6-4-16-9-14(18)19;1-2(3)4/h1-2,7-8,16-17H,3-6,9H2;1H3,(H,3,4). The lowest BCUT2D eigenvalue weighted by atomic mass is 10.1. The quantitative estimate of drug-likeness (QED) is 0.798. The molecule has 0 spiro atoms. The number of H-pyrrole nitrogens is 1. The third-order valence-corrected chi connectivity index (χ3v) is 3.80. The number of amides is 1. The van der Waals surface area contributed by atoms with E-state index in [1.165, 1.54) is 5.56 Å². The molecule has 0 aliphatic carbocycles. The Morgan fingerprint density at radius 1 is 1.43 bits per heavy atom. The van der Waals surface area contributed by atoms with Crippen LogP contribution in [0, 0.1) is 0 Å². The number of carboxylic acids is 1. The predicted molar refractivity (Wildman–Crippen MR) is 89.8 cm³/mol. The largest absolute Gasteiger partial charge is 0.481 e. The number of benzene rings is 1. The molecule has 1 amide bonds. The summed E-state index contributed by atoms with van der Waals surface area (Å²) in [7, 11) is 0. The first-order valence-electron chi connectivity index (χ1n) is 7.41. The van der Waals surface area contributed by atoms with Crippen molar-refractivity contribution < 1.29 is 14.7 Å². The highest BCUT2D eigenvalue weighted by molar-refractivity contribution is 6.31. The highest BCUT2D eigenvalue weighted by Gasteiger charge is 2.17. The van der Waals surface area contributed by atoms with Gasteiger partial charge in [0.05, 0.1) is 6.54 Å². The molecule has 6 nitrogen and oxygen atoms in total. The second-order valence-electron chi connectivity index (χ2n) is 5.33. The second kappa shape index (κ2) is 7.99. The maximum atomic E-state index is 11.7. The zero-order valence-electron chi connectivity index (χ0n) is 12.9. The molecule has 1 aliphatic heterocycles. The second-order valence-corrected chi connectivity index (χ2v) is 5.77. The minimum atomic E-state index is -0.833. The average molecular weight is 338 g/mol. The molecule has 2 heterocycles. The van der Waals surface area contributed by atoms with Crippen molar-refractivity contribution in [2.75, 3.05) is 26.2 Å². The number of aromatic nitrogens is 1. The molecule has 1 saturated heterocycles. The summed E-state index contributed by atoms with van der Waals surface area (Å²) in [5.74, 6) is -0.649. The van der Waals surface area contributed by atoms with Crippen LogP contribution in [0.2, 0.25) is 5.02 Å². The van der Waals surface area contributed by atoms with Crippen LogP contribution in [0.25, 0.3) is 10.9 Å². The molecule has 2 aromatic rings. The van der Waals surface area contributed by atoms with Crippen LogP contribution in [0.5, 0.6) is 0 Å². The molecule has 1 aromatic heterocycles. The van der Waals surface area contributed by atoms with Gasteiger partial charge in [0.1, 0.15) is 0 Å². The van der Waals surface area contributed by atoms with Crippen LogP contribution in [0.1, 0.15) is 12.5 Å². The number of fused-ring (bicyclic) bond motifs is 1. The fourth-order valence-electron chi connectivity index (χ4n) is 2.50. The Morgan fingerprint density at radius 2 is 2.17 bits per heavy atom. The van der Waals surface area contributed by atoms with E-state index in [-0.39, 0.29) is 5.91 Å². The number of carbonyl (C=O) groups is 2. The van der Waals surface area contributed by atoms with Crippen LogP contribution in [0.15, 0.2) is 24.4 Å². The van der Waals surface area contributed by atoms with Crippen molar-refractivity contribution in [1.82, 2.24) is 15.2 Å². The number of nitrogens with zero attached hydrogens (tertiary/aromatic N) is 1. The maximum absolute atomic E-state index is 11.7. The first kappa shape index (κ1) is 17.3. The average Bonchev–Trinajstić information content (AvgIpc) is 2.88. The van der Waals surface area contributed by atoms with Gasteiger partial charge in [0.25, 0.3) is 5.97 Å². The first-order chi connectivity index (χ1) is 11.0. The Kier molecular flexibility index (Phi) is 6.01. The predicted octanol–water partition coefficient (Wildman–Crippen LogP) is 1.89. The third-order valence-electron chi connectivity index (χ3n) is 3.57. The van der Waals surface area contributed by atoms with Crippen LogP contribution in [0.3, 0.4) is 0 Å². The van der Waals surface area contributed by atoms with Gasteiger partial charge >= 0.3 is 0 Å². The van der Waals surface area contributed by atoms with Crippen molar-refractivity contribution in [1.29, 1.82) is 0 Å². The highest BCUT2D eigenvalue weighted by atomic mass is 35.5. The van der Waals surface area contributed by atoms with Crippen LogP contribution < -0.4 is 5.32 Å². The van der Waals surface area contributed by atoms with Gasteiger partial charge in [-0.05, 0) is 30.2 Å². The van der Waals surface area contributed by atoms with E-state index < -0.39 is 5.97 Å². The number of carbonyl (C=O) groups excluding carboxylic acids is 1. The molecule has 7 heteroatoms. The van der Waals surface area contributed by atoms with Gasteiger partial charge in [-0.3, -0.25) is 9.59 Å². The summed E-state index contributed by atoms with van der Waals surface area (Å²) in [6.45, 7) is 3.98. The molecule has 124 valence electrons. The van der Waals surface area contributed by atoms with Crippen molar-refractivity contribution >= 4 is 34.4 Å². The molecule has 0 bridgehead atoms. The van der Waals surface area contributed by atoms with Gasteiger partial charge in [-0.1, -0.05) is 11.6 Å². The van der Waals surface area contributed by atoms with Crippen LogP contribution in [-0.2, 0) is 16.0 Å². The smallest absolute Gasteiger partial charge is 0.300 e. The van der Waals surface area contributed by atoms with E-state index in [1.807, 2.05) is 29.3 Å². The fraction of sp³-hybridized carbons (Fsp3) is 0.375. The molecular formula is C16H20ClN3O3. The Morgan fingerprint density at radius 3 is 2.87 bits per heavy atom. The SMILES string of the molecule is CC(=O)O.O=C1CNCCN1CCc1c[nH]c2ccc(Cl)cc12. The van der Waals surface area contributed by atoms with Crippen LogP contribution in [-0.4, -0.2) is 53.0 Å². The normalized spacial score (nSPS) is 14.5. The molecule has 3 rings (SSSR count). The number of hydrogen-bond acceptors (Lipinski definition) is 3. The molecule has 1 fully saturated rings. The van der Waals surface area contributed by atoms with Gasteiger partial charge < -0.3 is 20.3 Å². The van der Waals surface area contributed by atoms with Gasteiger partial charge in [0.2, 0.25) is 5.91 Å². The Bertz CT molecular complexity index is 695. The number of carboxylic acid groups (broad SMARTS) is 1.